The van der Waals surface area contributed by atoms with Crippen LogP contribution in [0.2, 0.25) is 5.02 Å². The molecule has 1 saturated heterocycles. The predicted molar refractivity (Wildman–Crippen MR) is 112 cm³/mol. The molecule has 1 aliphatic heterocycles. The van der Waals surface area contributed by atoms with E-state index in [0.717, 1.165) is 5.39 Å². The van der Waals surface area contributed by atoms with Gasteiger partial charge >= 0.3 is 0 Å². The molecule has 10 heteroatoms. The van der Waals surface area contributed by atoms with E-state index in [2.05, 4.69) is 27.9 Å². The molecule has 4 rings (SSSR count). The molecule has 2 aromatic heterocycles. The molecule has 0 unspecified atom stereocenters. The minimum atomic E-state index is -1.29. The molecule has 8 nitrogen and oxygen atoms in total. The number of rotatable bonds is 6. The molecule has 154 valence electrons. The number of aromatic nitrogens is 3. The van der Waals surface area contributed by atoms with Crippen molar-refractivity contribution >= 4 is 41.1 Å². The van der Waals surface area contributed by atoms with Crippen molar-refractivity contribution in [2.24, 2.45) is 0 Å². The minimum absolute atomic E-state index is 0.532. The summed E-state index contributed by atoms with van der Waals surface area (Å²) < 4.78 is 7.52. The topological polar surface area (TPSA) is 113 Å². The van der Waals surface area contributed by atoms with Crippen LogP contribution in [-0.2, 0) is 4.74 Å². The van der Waals surface area contributed by atoms with Crippen molar-refractivity contribution in [3.63, 3.8) is 0 Å². The van der Waals surface area contributed by atoms with Crippen molar-refractivity contribution in [1.82, 2.24) is 14.5 Å². The average Bonchev–Trinajstić information content (AvgIpc) is 3.28. The first kappa shape index (κ1) is 20.4. The van der Waals surface area contributed by atoms with Crippen molar-refractivity contribution in [2.45, 2.75) is 30.6 Å². The highest BCUT2D eigenvalue weighted by atomic mass is 35.5. The molecule has 0 amide bonds. The van der Waals surface area contributed by atoms with Crippen LogP contribution in [0.4, 0.5) is 5.82 Å². The van der Waals surface area contributed by atoms with Gasteiger partial charge < -0.3 is 29.9 Å². The van der Waals surface area contributed by atoms with E-state index in [1.54, 1.807) is 35.0 Å². The molecule has 0 aliphatic carbocycles. The van der Waals surface area contributed by atoms with Gasteiger partial charge in [-0.3, -0.25) is 0 Å². The third-order valence-corrected chi connectivity index (χ3v) is 5.46. The van der Waals surface area contributed by atoms with Crippen molar-refractivity contribution in [3.05, 3.63) is 53.4 Å². The number of hydrogen-bond acceptors (Lipinski definition) is 8. The molecule has 3 heterocycles. The largest absolute Gasteiger partial charge is 0.387 e. The van der Waals surface area contributed by atoms with Crippen LogP contribution >= 0.6 is 24.2 Å². The number of aliphatic hydroxyl groups excluding tert-OH is 3. The Kier molecular flexibility index (Phi) is 5.95. The summed E-state index contributed by atoms with van der Waals surface area (Å²) in [5.74, 6) is 1.29. The van der Waals surface area contributed by atoms with Crippen LogP contribution in [0.1, 0.15) is 17.9 Å². The number of nitrogens with one attached hydrogen (secondary N) is 1. The SMILES string of the molecule is O[C@@H]1[C@H](O)[C@@H]([C@H](O)c2ccc(Cl)cc2)O[C@H]1n1ccc2c(NCCS)ncnc21. The number of hydrogen-bond donors (Lipinski definition) is 5. The molecule has 1 aromatic carbocycles. The summed E-state index contributed by atoms with van der Waals surface area (Å²) in [5, 5.41) is 36.3. The summed E-state index contributed by atoms with van der Waals surface area (Å²) in [7, 11) is 0. The fraction of sp³-hybridized carbons (Fsp3) is 0.368. The van der Waals surface area contributed by atoms with Gasteiger partial charge in [0, 0.05) is 23.5 Å². The quantitative estimate of drug-likeness (QED) is 0.374. The number of fused-ring (bicyclic) bond motifs is 1. The maximum atomic E-state index is 10.7. The van der Waals surface area contributed by atoms with Crippen molar-refractivity contribution in [1.29, 1.82) is 0 Å². The molecule has 0 bridgehead atoms. The van der Waals surface area contributed by atoms with E-state index >= 15 is 0 Å². The minimum Gasteiger partial charge on any atom is -0.387 e. The Hall–Kier alpha value is -1.88. The van der Waals surface area contributed by atoms with Crippen LogP contribution in [0.3, 0.4) is 0 Å². The highest BCUT2D eigenvalue weighted by molar-refractivity contribution is 7.80. The fourth-order valence-electron chi connectivity index (χ4n) is 3.52. The lowest BCUT2D eigenvalue weighted by molar-refractivity contribution is -0.0848. The normalized spacial score (nSPS) is 25.4. The number of aliphatic hydroxyl groups is 3. The number of nitrogens with zero attached hydrogens (tertiary/aromatic N) is 3. The van der Waals surface area contributed by atoms with Gasteiger partial charge in [0.25, 0.3) is 0 Å². The van der Waals surface area contributed by atoms with Crippen molar-refractivity contribution in [3.8, 4) is 0 Å². The zero-order valence-corrected chi connectivity index (χ0v) is 16.9. The zero-order valence-electron chi connectivity index (χ0n) is 15.3. The highest BCUT2D eigenvalue weighted by Crippen LogP contribution is 2.38. The first-order valence-electron chi connectivity index (χ1n) is 9.12. The molecule has 29 heavy (non-hydrogen) atoms. The molecule has 0 spiro atoms. The summed E-state index contributed by atoms with van der Waals surface area (Å²) in [6.07, 6.45) is -2.47. The third-order valence-electron chi connectivity index (χ3n) is 4.99. The predicted octanol–water partition coefficient (Wildman–Crippen LogP) is 1.78. The molecule has 5 atom stereocenters. The maximum absolute atomic E-state index is 10.7. The Morgan fingerprint density at radius 2 is 1.93 bits per heavy atom. The van der Waals surface area contributed by atoms with Crippen LogP contribution in [-0.4, -0.2) is 60.5 Å². The number of thiol groups is 1. The van der Waals surface area contributed by atoms with Gasteiger partial charge in [-0.2, -0.15) is 12.6 Å². The molecular weight excluding hydrogens is 416 g/mol. The van der Waals surface area contributed by atoms with Crippen LogP contribution in [0.5, 0.6) is 0 Å². The monoisotopic (exact) mass is 436 g/mol. The molecule has 0 saturated carbocycles. The van der Waals surface area contributed by atoms with Gasteiger partial charge in [0.05, 0.1) is 5.39 Å². The molecular formula is C19H21ClN4O4S. The number of anilines is 1. The Morgan fingerprint density at radius 3 is 2.66 bits per heavy atom. The Labute approximate surface area is 177 Å². The van der Waals surface area contributed by atoms with Gasteiger partial charge in [0.1, 0.15) is 42.2 Å². The van der Waals surface area contributed by atoms with E-state index < -0.39 is 30.6 Å². The Morgan fingerprint density at radius 1 is 1.17 bits per heavy atom. The second-order valence-corrected chi connectivity index (χ2v) is 7.69. The Balaban J connectivity index is 1.62. The van der Waals surface area contributed by atoms with E-state index in [1.165, 1.54) is 6.33 Å². The van der Waals surface area contributed by atoms with Crippen LogP contribution < -0.4 is 5.32 Å². The third kappa shape index (κ3) is 3.81. The van der Waals surface area contributed by atoms with E-state index in [4.69, 9.17) is 16.3 Å². The first-order chi connectivity index (χ1) is 14.0. The standard InChI is InChI=1S/C19H21ClN4O4S/c20-11-3-1-10(2-4-11)13(25)16-14(26)15(27)19(28-16)24-7-5-12-17(21-6-8-29)22-9-23-18(12)24/h1-5,7,9,13-16,19,25-27,29H,6,8H2,(H,21,22,23)/t13-,14+,15-,16-,19-/m1/s1. The Bertz CT molecular complexity index is 986. The van der Waals surface area contributed by atoms with E-state index in [1.807, 2.05) is 6.07 Å². The summed E-state index contributed by atoms with van der Waals surface area (Å²) >= 11 is 10.1. The lowest BCUT2D eigenvalue weighted by Gasteiger charge is -2.21. The lowest BCUT2D eigenvalue weighted by Crippen LogP contribution is -2.34. The fourth-order valence-corrected chi connectivity index (χ4v) is 3.76. The molecule has 3 aromatic rings. The highest BCUT2D eigenvalue weighted by Gasteiger charge is 2.47. The number of halogens is 1. The van der Waals surface area contributed by atoms with Gasteiger partial charge in [-0.05, 0) is 23.8 Å². The summed E-state index contributed by atoms with van der Waals surface area (Å²) in [6.45, 7) is 0.636. The van der Waals surface area contributed by atoms with Gasteiger partial charge in [-0.1, -0.05) is 23.7 Å². The van der Waals surface area contributed by atoms with E-state index in [9.17, 15) is 15.3 Å². The van der Waals surface area contributed by atoms with Crippen molar-refractivity contribution < 1.29 is 20.1 Å². The second-order valence-electron chi connectivity index (χ2n) is 6.80. The molecule has 1 fully saturated rings. The lowest BCUT2D eigenvalue weighted by atomic mass is 9.99. The average molecular weight is 437 g/mol. The second kappa shape index (κ2) is 8.47. The number of ether oxygens (including phenoxy) is 1. The van der Waals surface area contributed by atoms with Gasteiger partial charge in [-0.15, -0.1) is 0 Å². The summed E-state index contributed by atoms with van der Waals surface area (Å²) in [6, 6.07) is 8.40. The molecule has 4 N–H and O–H groups in total. The van der Waals surface area contributed by atoms with Crippen LogP contribution in [0.25, 0.3) is 11.0 Å². The molecule has 0 radical (unpaired) electrons. The van der Waals surface area contributed by atoms with E-state index in [0.29, 0.717) is 34.3 Å². The van der Waals surface area contributed by atoms with Gasteiger partial charge in [-0.25, -0.2) is 9.97 Å². The smallest absolute Gasteiger partial charge is 0.164 e. The van der Waals surface area contributed by atoms with Gasteiger partial charge in [0.15, 0.2) is 6.23 Å². The van der Waals surface area contributed by atoms with E-state index in [-0.39, 0.29) is 0 Å². The zero-order chi connectivity index (χ0) is 20.5. The van der Waals surface area contributed by atoms with Gasteiger partial charge in [0.2, 0.25) is 0 Å². The molecule has 1 aliphatic rings. The summed E-state index contributed by atoms with van der Waals surface area (Å²) in [5.41, 5.74) is 1.07. The van der Waals surface area contributed by atoms with Crippen LogP contribution in [0, 0.1) is 0 Å². The van der Waals surface area contributed by atoms with Crippen molar-refractivity contribution in [2.75, 3.05) is 17.6 Å². The first-order valence-corrected chi connectivity index (χ1v) is 10.1. The maximum Gasteiger partial charge on any atom is 0.164 e. The number of benzene rings is 1. The summed E-state index contributed by atoms with van der Waals surface area (Å²) in [4.78, 5) is 8.53. The van der Waals surface area contributed by atoms with Crippen LogP contribution in [0.15, 0.2) is 42.9 Å².